The van der Waals surface area contributed by atoms with Crippen molar-refractivity contribution in [2.24, 2.45) is 11.8 Å². The molecule has 1 aliphatic rings. The van der Waals surface area contributed by atoms with E-state index in [0.717, 1.165) is 10.9 Å². The molecule has 2 heterocycles. The highest BCUT2D eigenvalue weighted by Gasteiger charge is 2.41. The van der Waals surface area contributed by atoms with Crippen LogP contribution in [0.1, 0.15) is 92.5 Å². The highest BCUT2D eigenvalue weighted by atomic mass is 28.4. The lowest BCUT2D eigenvalue weighted by atomic mass is 9.97. The summed E-state index contributed by atoms with van der Waals surface area (Å²) in [6, 6.07) is 6.98. The summed E-state index contributed by atoms with van der Waals surface area (Å²) in [4.78, 5) is 69.4. The van der Waals surface area contributed by atoms with E-state index in [1.54, 1.807) is 19.9 Å². The van der Waals surface area contributed by atoms with Gasteiger partial charge in [0.2, 0.25) is 11.8 Å². The summed E-state index contributed by atoms with van der Waals surface area (Å²) in [6.07, 6.45) is 3.72. The number of fused-ring (bicyclic) bond motifs is 1. The molecule has 1 fully saturated rings. The number of methoxy groups -OCH3 is 1. The summed E-state index contributed by atoms with van der Waals surface area (Å²) in [7, 11) is -1.02. The highest BCUT2D eigenvalue weighted by molar-refractivity contribution is 6.74. The first kappa shape index (κ1) is 43.3. The van der Waals surface area contributed by atoms with Gasteiger partial charge in [0.1, 0.15) is 24.2 Å². The highest BCUT2D eigenvalue weighted by Crippen LogP contribution is 2.38. The third-order valence-electron chi connectivity index (χ3n) is 10.0. The van der Waals surface area contributed by atoms with Crippen molar-refractivity contribution in [3.63, 3.8) is 0 Å². The molecule has 13 nitrogen and oxygen atoms in total. The molecule has 6 atom stereocenters. The number of aromatic nitrogens is 1. The number of nitrogens with zero attached hydrogens (tertiary/aromatic N) is 2. The number of nitrogens with one attached hydrogen (secondary N) is 3. The first-order valence-corrected chi connectivity index (χ1v) is 21.3. The maximum absolute atomic E-state index is 14.2. The molecule has 1 aromatic heterocycles. The maximum Gasteiger partial charge on any atom is 0.324 e. The molecule has 3 amide bonds. The van der Waals surface area contributed by atoms with Gasteiger partial charge in [0.15, 0.2) is 8.32 Å². The number of carbonyl (C=O) groups excluding carboxylic acids is 5. The molecule has 2 aromatic rings. The summed E-state index contributed by atoms with van der Waals surface area (Å²) in [5.74, 6) is -3.24. The maximum atomic E-state index is 14.2. The van der Waals surface area contributed by atoms with Crippen molar-refractivity contribution >= 4 is 55.0 Å². The van der Waals surface area contributed by atoms with Gasteiger partial charge in [0.05, 0.1) is 30.3 Å². The smallest absolute Gasteiger partial charge is 0.324 e. The Labute approximate surface area is 315 Å². The van der Waals surface area contributed by atoms with Crippen LogP contribution in [0.5, 0.6) is 0 Å². The van der Waals surface area contributed by atoms with Crippen molar-refractivity contribution in [1.29, 1.82) is 0 Å². The zero-order valence-corrected chi connectivity index (χ0v) is 34.4. The monoisotopic (exact) mass is 753 g/mol. The lowest BCUT2D eigenvalue weighted by Crippen LogP contribution is -2.61. The molecule has 1 aliphatic heterocycles. The van der Waals surface area contributed by atoms with Crippen LogP contribution in [0.2, 0.25) is 18.1 Å². The lowest BCUT2D eigenvalue weighted by molar-refractivity contribution is -0.151. The fraction of sp³-hybridized carbons (Fsp3) is 0.590. The van der Waals surface area contributed by atoms with E-state index in [1.807, 2.05) is 57.2 Å². The number of esters is 2. The number of amides is 3. The second-order valence-electron chi connectivity index (χ2n) is 15.7. The number of rotatable bonds is 14. The van der Waals surface area contributed by atoms with Gasteiger partial charge >= 0.3 is 11.9 Å². The number of hydrogen-bond acceptors (Lipinski definition) is 10. The van der Waals surface area contributed by atoms with Crippen LogP contribution in [-0.2, 0) is 37.9 Å². The first-order chi connectivity index (χ1) is 24.6. The number of hydrazine groups is 1. The third-order valence-corrected chi connectivity index (χ3v) is 14.6. The zero-order chi connectivity index (χ0) is 39.8. The molecule has 292 valence electrons. The van der Waals surface area contributed by atoms with Crippen LogP contribution >= 0.6 is 0 Å². The number of benzene rings is 1. The Morgan fingerprint density at radius 3 is 2.26 bits per heavy atom. The molecule has 0 spiro atoms. The molecule has 3 N–H and O–H groups in total. The summed E-state index contributed by atoms with van der Waals surface area (Å²) in [5.41, 5.74) is 5.02. The number of pyridine rings is 1. The summed E-state index contributed by atoms with van der Waals surface area (Å²) < 4.78 is 16.8. The topological polar surface area (TPSA) is 165 Å². The molecule has 0 radical (unpaired) electrons. The normalized spacial score (nSPS) is 18.2. The van der Waals surface area contributed by atoms with Crippen molar-refractivity contribution in [3.8, 4) is 0 Å². The van der Waals surface area contributed by atoms with E-state index in [0.29, 0.717) is 30.6 Å². The van der Waals surface area contributed by atoms with Gasteiger partial charge in [-0.2, -0.15) is 0 Å². The Morgan fingerprint density at radius 2 is 1.66 bits per heavy atom. The van der Waals surface area contributed by atoms with Gasteiger partial charge in [-0.05, 0) is 75.4 Å². The lowest BCUT2D eigenvalue weighted by Gasteiger charge is -2.40. The van der Waals surface area contributed by atoms with E-state index in [2.05, 4.69) is 49.9 Å². The molecule has 6 unspecified atom stereocenters. The summed E-state index contributed by atoms with van der Waals surface area (Å²) in [6.45, 7) is 21.2. The fourth-order valence-corrected chi connectivity index (χ4v) is 7.25. The molecule has 1 aromatic carbocycles. The molecule has 0 saturated carbocycles. The van der Waals surface area contributed by atoms with Gasteiger partial charge in [0, 0.05) is 18.9 Å². The van der Waals surface area contributed by atoms with E-state index in [9.17, 15) is 24.0 Å². The first-order valence-electron chi connectivity index (χ1n) is 18.3. The van der Waals surface area contributed by atoms with Crippen molar-refractivity contribution in [3.05, 3.63) is 47.7 Å². The van der Waals surface area contributed by atoms with Gasteiger partial charge in [-0.3, -0.25) is 29.0 Å². The Balaban J connectivity index is 1.86. The molecular formula is C39H59N5O8Si. The Hall–Kier alpha value is -4.14. The van der Waals surface area contributed by atoms with Crippen LogP contribution in [0.25, 0.3) is 17.0 Å². The average molecular weight is 754 g/mol. The molecule has 0 aliphatic carbocycles. The Bertz CT molecular complexity index is 1670. The minimum absolute atomic E-state index is 0.111. The SMILES string of the molecule is COC(=O)C1CCCN(C(=O)C(C)NC(=O)C(NC(=O)C(C=Cc2ccc3ccc(C(C)OC(C)=O)nc3c2)C(C)O[Si](C)(C)C(C)(C)C)C(C)C)N1. The minimum atomic E-state index is -2.32. The van der Waals surface area contributed by atoms with Crippen LogP contribution in [0.3, 0.4) is 0 Å². The van der Waals surface area contributed by atoms with E-state index >= 15 is 0 Å². The molecule has 14 heteroatoms. The second-order valence-corrected chi connectivity index (χ2v) is 20.5. The van der Waals surface area contributed by atoms with Crippen molar-refractivity contribution in [1.82, 2.24) is 26.1 Å². The molecule has 3 rings (SSSR count). The van der Waals surface area contributed by atoms with Crippen molar-refractivity contribution in [2.45, 2.75) is 124 Å². The van der Waals surface area contributed by atoms with Crippen LogP contribution in [0.15, 0.2) is 36.4 Å². The number of hydrogen-bond donors (Lipinski definition) is 3. The average Bonchev–Trinajstić information content (AvgIpc) is 3.08. The standard InChI is InChI=1S/C39H59N5O8Si/c1-23(2)34(36(47)40-24(3)37(48)44-21-13-14-32(43-44)38(49)50-10)42-35(46)30(25(4)52-53(11,12)39(7,8)9)19-16-28-15-17-29-18-20-31(41-33(29)22-28)26(5)51-27(6)45/h15-20,22-26,30,32,34,43H,13-14,21H2,1-12H3,(H,40,47)(H,42,46). The summed E-state index contributed by atoms with van der Waals surface area (Å²) in [5, 5.41) is 7.85. The van der Waals surface area contributed by atoms with Crippen LogP contribution in [0, 0.1) is 11.8 Å². The van der Waals surface area contributed by atoms with Gasteiger partial charge in [0.25, 0.3) is 5.91 Å². The van der Waals surface area contributed by atoms with Gasteiger partial charge in [-0.15, -0.1) is 0 Å². The minimum Gasteiger partial charge on any atom is -0.468 e. The Morgan fingerprint density at radius 1 is 1.00 bits per heavy atom. The number of carbonyl (C=O) groups is 5. The molecule has 53 heavy (non-hydrogen) atoms. The third kappa shape index (κ3) is 11.7. The van der Waals surface area contributed by atoms with E-state index in [4.69, 9.17) is 18.9 Å². The second kappa shape index (κ2) is 18.3. The van der Waals surface area contributed by atoms with Gasteiger partial charge in [-0.25, -0.2) is 10.4 Å². The van der Waals surface area contributed by atoms with Crippen LogP contribution in [-0.4, -0.2) is 85.9 Å². The zero-order valence-electron chi connectivity index (χ0n) is 33.4. The van der Waals surface area contributed by atoms with Crippen molar-refractivity contribution < 1.29 is 37.9 Å². The Kier molecular flexibility index (Phi) is 14.9. The predicted octanol–water partition coefficient (Wildman–Crippen LogP) is 5.21. The van der Waals surface area contributed by atoms with E-state index in [-0.39, 0.29) is 16.9 Å². The van der Waals surface area contributed by atoms with Crippen molar-refractivity contribution in [2.75, 3.05) is 13.7 Å². The van der Waals surface area contributed by atoms with Crippen LogP contribution in [0.4, 0.5) is 0 Å². The van der Waals surface area contributed by atoms with Crippen LogP contribution < -0.4 is 16.1 Å². The fourth-order valence-electron chi connectivity index (χ4n) is 5.82. The quantitative estimate of drug-likeness (QED) is 0.172. The predicted molar refractivity (Wildman–Crippen MR) is 206 cm³/mol. The number of ether oxygens (including phenoxy) is 2. The van der Waals surface area contributed by atoms with E-state index < -0.39 is 68.3 Å². The molecule has 0 bridgehead atoms. The van der Waals surface area contributed by atoms with Gasteiger partial charge in [-0.1, -0.05) is 65.0 Å². The largest absolute Gasteiger partial charge is 0.468 e. The van der Waals surface area contributed by atoms with E-state index in [1.165, 1.54) is 19.0 Å². The molecular weight excluding hydrogens is 695 g/mol. The molecule has 1 saturated heterocycles. The van der Waals surface area contributed by atoms with Gasteiger partial charge < -0.3 is 24.5 Å². The summed E-state index contributed by atoms with van der Waals surface area (Å²) >= 11 is 0.